The van der Waals surface area contributed by atoms with Crippen LogP contribution in [0.2, 0.25) is 0 Å². The number of carbonyl (C=O) groups is 1. The minimum atomic E-state index is -0.0259. The van der Waals surface area contributed by atoms with Crippen LogP contribution in [0.1, 0.15) is 5.01 Å². The van der Waals surface area contributed by atoms with Crippen molar-refractivity contribution in [3.63, 3.8) is 0 Å². The van der Waals surface area contributed by atoms with Gasteiger partial charge in [0.1, 0.15) is 11.6 Å². The summed E-state index contributed by atoms with van der Waals surface area (Å²) in [5, 5.41) is 11.9. The third kappa shape index (κ3) is 4.20. The highest BCUT2D eigenvalue weighted by atomic mass is 32.2. The average molecular weight is 288 g/mol. The van der Waals surface area contributed by atoms with Crippen LogP contribution in [0.4, 0.5) is 5.13 Å². The third-order valence-corrected chi connectivity index (χ3v) is 4.21. The largest absolute Gasteiger partial charge is 0.377 e. The van der Waals surface area contributed by atoms with Gasteiger partial charge in [0.15, 0.2) is 0 Å². The van der Waals surface area contributed by atoms with Crippen LogP contribution in [0.15, 0.2) is 0 Å². The number of rotatable bonds is 5. The molecule has 1 N–H and O–H groups in total. The Morgan fingerprint density at radius 2 is 2.22 bits per heavy atom. The van der Waals surface area contributed by atoms with Gasteiger partial charge in [0.25, 0.3) is 0 Å². The van der Waals surface area contributed by atoms with Crippen molar-refractivity contribution in [1.82, 2.24) is 15.1 Å². The van der Waals surface area contributed by atoms with Gasteiger partial charge in [-0.1, -0.05) is 11.3 Å². The molecule has 1 fully saturated rings. The highest BCUT2D eigenvalue weighted by Crippen LogP contribution is 2.16. The normalized spacial score (nSPS) is 16.7. The summed E-state index contributed by atoms with van der Waals surface area (Å²) < 4.78 is 4.95. The van der Waals surface area contributed by atoms with Crippen molar-refractivity contribution in [1.29, 1.82) is 0 Å². The van der Waals surface area contributed by atoms with Gasteiger partial charge < -0.3 is 4.74 Å². The summed E-state index contributed by atoms with van der Waals surface area (Å²) in [5.74, 6) is 2.18. The number of anilines is 1. The zero-order valence-corrected chi connectivity index (χ0v) is 11.9. The van der Waals surface area contributed by atoms with Gasteiger partial charge in [-0.25, -0.2) is 0 Å². The first-order chi connectivity index (χ1) is 8.78. The van der Waals surface area contributed by atoms with Gasteiger partial charge in [-0.15, -0.1) is 10.2 Å². The van der Waals surface area contributed by atoms with E-state index in [9.17, 15) is 4.79 Å². The molecule has 1 amide bonds. The molecular formula is C10H16N4O2S2. The first kappa shape index (κ1) is 13.7. The topological polar surface area (TPSA) is 67.4 Å². The van der Waals surface area contributed by atoms with E-state index in [0.717, 1.165) is 29.6 Å². The number of nitrogens with zero attached hydrogens (tertiary/aromatic N) is 3. The first-order valence-electron chi connectivity index (χ1n) is 5.69. The summed E-state index contributed by atoms with van der Waals surface area (Å²) in [6.07, 6.45) is 0. The second-order valence-corrected chi connectivity index (χ2v) is 6.16. The maximum absolute atomic E-state index is 11.8. The van der Waals surface area contributed by atoms with Crippen LogP contribution in [-0.4, -0.2) is 59.3 Å². The van der Waals surface area contributed by atoms with Crippen LogP contribution in [0, 0.1) is 0 Å². The molecule has 1 aliphatic rings. The minimum absolute atomic E-state index is 0.0259. The molecule has 0 aromatic carbocycles. The molecule has 0 saturated carbocycles. The molecular weight excluding hydrogens is 272 g/mol. The summed E-state index contributed by atoms with van der Waals surface area (Å²) >= 11 is 3.28. The van der Waals surface area contributed by atoms with E-state index in [4.69, 9.17) is 4.74 Å². The molecule has 18 heavy (non-hydrogen) atoms. The fourth-order valence-electron chi connectivity index (χ4n) is 1.61. The Balaban J connectivity index is 1.78. The predicted molar refractivity (Wildman–Crippen MR) is 73.0 cm³/mol. The smallest absolute Gasteiger partial charge is 0.240 e. The van der Waals surface area contributed by atoms with Gasteiger partial charge in [-0.3, -0.25) is 15.0 Å². The molecule has 6 nitrogen and oxygen atoms in total. The van der Waals surface area contributed by atoms with Gasteiger partial charge in [0, 0.05) is 31.7 Å². The number of carbonyl (C=O) groups excluding carboxylic acids is 1. The SMILES string of the molecule is COCc1nnc(NC(=O)CN2CCSCC2)s1. The van der Waals surface area contributed by atoms with Gasteiger partial charge in [-0.2, -0.15) is 11.8 Å². The van der Waals surface area contributed by atoms with Gasteiger partial charge in [-0.05, 0) is 0 Å². The molecule has 0 aliphatic carbocycles. The lowest BCUT2D eigenvalue weighted by molar-refractivity contribution is -0.117. The first-order valence-corrected chi connectivity index (χ1v) is 7.66. The Morgan fingerprint density at radius 3 is 2.94 bits per heavy atom. The van der Waals surface area contributed by atoms with Crippen molar-refractivity contribution >= 4 is 34.1 Å². The van der Waals surface area contributed by atoms with Crippen molar-refractivity contribution in [2.75, 3.05) is 43.6 Å². The minimum Gasteiger partial charge on any atom is -0.377 e. The van der Waals surface area contributed by atoms with Crippen molar-refractivity contribution in [2.45, 2.75) is 6.61 Å². The number of thioether (sulfide) groups is 1. The molecule has 0 bridgehead atoms. The maximum atomic E-state index is 11.8. The second kappa shape index (κ2) is 7.03. The number of nitrogens with one attached hydrogen (secondary N) is 1. The number of aromatic nitrogens is 2. The zero-order chi connectivity index (χ0) is 12.8. The molecule has 1 aromatic heterocycles. The summed E-state index contributed by atoms with van der Waals surface area (Å²) in [5.41, 5.74) is 0. The molecule has 0 radical (unpaired) electrons. The molecule has 1 aromatic rings. The van der Waals surface area contributed by atoms with Crippen molar-refractivity contribution in [3.8, 4) is 0 Å². The second-order valence-electron chi connectivity index (χ2n) is 3.87. The van der Waals surface area contributed by atoms with Crippen molar-refractivity contribution in [3.05, 3.63) is 5.01 Å². The molecule has 0 atom stereocenters. The van der Waals surface area contributed by atoms with E-state index in [1.165, 1.54) is 11.3 Å². The van der Waals surface area contributed by atoms with E-state index in [1.807, 2.05) is 11.8 Å². The maximum Gasteiger partial charge on any atom is 0.240 e. The predicted octanol–water partition coefficient (Wildman–Crippen LogP) is 0.672. The number of hydrogen-bond acceptors (Lipinski definition) is 7. The molecule has 1 saturated heterocycles. The monoisotopic (exact) mass is 288 g/mol. The lowest BCUT2D eigenvalue weighted by Gasteiger charge is -2.24. The Bertz CT molecular complexity index is 393. The van der Waals surface area contributed by atoms with E-state index >= 15 is 0 Å². The number of methoxy groups -OCH3 is 1. The lowest BCUT2D eigenvalue weighted by Crippen LogP contribution is -2.38. The molecule has 0 spiro atoms. The fraction of sp³-hybridized carbons (Fsp3) is 0.700. The van der Waals surface area contributed by atoms with Crippen LogP contribution < -0.4 is 5.32 Å². The molecule has 0 unspecified atom stereocenters. The van der Waals surface area contributed by atoms with Crippen LogP contribution >= 0.6 is 23.1 Å². The van der Waals surface area contributed by atoms with Gasteiger partial charge in [0.2, 0.25) is 11.0 Å². The van der Waals surface area contributed by atoms with Gasteiger partial charge >= 0.3 is 0 Å². The van der Waals surface area contributed by atoms with Crippen LogP contribution in [0.3, 0.4) is 0 Å². The molecule has 2 heterocycles. The van der Waals surface area contributed by atoms with E-state index < -0.39 is 0 Å². The molecule has 8 heteroatoms. The van der Waals surface area contributed by atoms with Crippen LogP contribution in [0.25, 0.3) is 0 Å². The van der Waals surface area contributed by atoms with E-state index in [0.29, 0.717) is 18.3 Å². The van der Waals surface area contributed by atoms with E-state index in [-0.39, 0.29) is 5.91 Å². The Hall–Kier alpha value is -0.700. The van der Waals surface area contributed by atoms with Crippen LogP contribution in [-0.2, 0) is 16.1 Å². The van der Waals surface area contributed by atoms with Gasteiger partial charge in [0.05, 0.1) is 6.54 Å². The number of amides is 1. The lowest BCUT2D eigenvalue weighted by atomic mass is 10.4. The fourth-order valence-corrected chi connectivity index (χ4v) is 3.31. The summed E-state index contributed by atoms with van der Waals surface area (Å²) in [6, 6.07) is 0. The molecule has 1 aliphatic heterocycles. The third-order valence-electron chi connectivity index (χ3n) is 2.45. The Morgan fingerprint density at radius 1 is 1.44 bits per heavy atom. The molecule has 100 valence electrons. The highest BCUT2D eigenvalue weighted by Gasteiger charge is 2.15. The number of ether oxygens (including phenoxy) is 1. The zero-order valence-electron chi connectivity index (χ0n) is 10.2. The summed E-state index contributed by atoms with van der Waals surface area (Å²) in [7, 11) is 1.61. The Kier molecular flexibility index (Phi) is 5.36. The van der Waals surface area contributed by atoms with E-state index in [2.05, 4.69) is 20.4 Å². The van der Waals surface area contributed by atoms with E-state index in [1.54, 1.807) is 7.11 Å². The average Bonchev–Trinajstić information content (AvgIpc) is 2.78. The van der Waals surface area contributed by atoms with Crippen LogP contribution in [0.5, 0.6) is 0 Å². The quantitative estimate of drug-likeness (QED) is 0.859. The number of hydrogen-bond donors (Lipinski definition) is 1. The summed E-state index contributed by atoms with van der Waals surface area (Å²) in [6.45, 7) is 2.81. The standard InChI is InChI=1S/C10H16N4O2S2/c1-16-7-9-12-13-10(18-9)11-8(15)6-14-2-4-17-5-3-14/h2-7H2,1H3,(H,11,13,15). The Labute approximate surface area is 114 Å². The van der Waals surface area contributed by atoms with Crippen molar-refractivity contribution < 1.29 is 9.53 Å². The molecule has 2 rings (SSSR count). The van der Waals surface area contributed by atoms with Crippen molar-refractivity contribution in [2.24, 2.45) is 0 Å². The highest BCUT2D eigenvalue weighted by molar-refractivity contribution is 7.99. The summed E-state index contributed by atoms with van der Waals surface area (Å²) in [4.78, 5) is 14.0.